The molecule has 1 saturated heterocycles. The first-order valence-corrected chi connectivity index (χ1v) is 8.52. The van der Waals surface area contributed by atoms with Gasteiger partial charge >= 0.3 is 0 Å². The number of nitrogens with zero attached hydrogens (tertiary/aromatic N) is 1. The lowest BCUT2D eigenvalue weighted by Crippen LogP contribution is -2.43. The lowest BCUT2D eigenvalue weighted by molar-refractivity contribution is 0.0381. The van der Waals surface area contributed by atoms with E-state index in [-0.39, 0.29) is 0 Å². The van der Waals surface area contributed by atoms with E-state index in [1.54, 1.807) is 0 Å². The third-order valence-corrected chi connectivity index (χ3v) is 5.06. The Balaban J connectivity index is 1.35. The third-order valence-electron chi connectivity index (χ3n) is 5.06. The lowest BCUT2D eigenvalue weighted by atomic mass is 9.91. The maximum atomic E-state index is 5.40. The van der Waals surface area contributed by atoms with Gasteiger partial charge < -0.3 is 15.0 Å². The highest BCUT2D eigenvalue weighted by Crippen LogP contribution is 2.28. The van der Waals surface area contributed by atoms with Crippen molar-refractivity contribution >= 4 is 10.9 Å². The summed E-state index contributed by atoms with van der Waals surface area (Å²) in [4.78, 5) is 6.09. The maximum absolute atomic E-state index is 5.40. The Hall–Kier alpha value is -1.36. The average molecular weight is 299 g/mol. The Kier molecular flexibility index (Phi) is 4.15. The standard InChI is InChI=1S/C18H25N3O/c1-2-4-17-15(3-1)16-13-14(5-6-18(16)20-17)19-7-8-21-9-11-22-12-10-21/h1-4,14,19-20H,5-13H2. The number of ether oxygens (including phenoxy) is 1. The Bertz CT molecular complexity index is 630. The SMILES string of the molecule is c1ccc2c3c([nH]c2c1)CCC(NCCN1CCOCC1)C3. The van der Waals surface area contributed by atoms with E-state index in [2.05, 4.69) is 39.5 Å². The number of hydrogen-bond donors (Lipinski definition) is 2. The molecule has 0 bridgehead atoms. The van der Waals surface area contributed by atoms with Crippen molar-refractivity contribution in [2.45, 2.75) is 25.3 Å². The van der Waals surface area contributed by atoms with Gasteiger partial charge in [0.15, 0.2) is 0 Å². The van der Waals surface area contributed by atoms with Crippen LogP contribution in [0.25, 0.3) is 10.9 Å². The molecule has 1 aromatic heterocycles. The van der Waals surface area contributed by atoms with Gasteiger partial charge in [-0.15, -0.1) is 0 Å². The van der Waals surface area contributed by atoms with E-state index in [0.29, 0.717) is 6.04 Å². The normalized spacial score (nSPS) is 22.8. The van der Waals surface area contributed by atoms with E-state index in [4.69, 9.17) is 4.74 Å². The quantitative estimate of drug-likeness (QED) is 0.906. The minimum atomic E-state index is 0.618. The molecule has 1 unspecified atom stereocenters. The fourth-order valence-electron chi connectivity index (χ4n) is 3.80. The monoisotopic (exact) mass is 299 g/mol. The second-order valence-corrected chi connectivity index (χ2v) is 6.48. The van der Waals surface area contributed by atoms with Crippen molar-refractivity contribution < 1.29 is 4.74 Å². The molecule has 0 spiro atoms. The van der Waals surface area contributed by atoms with Crippen LogP contribution in [-0.4, -0.2) is 55.3 Å². The summed E-state index contributed by atoms with van der Waals surface area (Å²) in [5, 5.41) is 5.18. The summed E-state index contributed by atoms with van der Waals surface area (Å²) in [5.41, 5.74) is 4.28. The molecule has 22 heavy (non-hydrogen) atoms. The smallest absolute Gasteiger partial charge is 0.0594 e. The second-order valence-electron chi connectivity index (χ2n) is 6.48. The van der Waals surface area contributed by atoms with Crippen molar-refractivity contribution in [2.75, 3.05) is 39.4 Å². The molecule has 1 aliphatic heterocycles. The van der Waals surface area contributed by atoms with Gasteiger partial charge in [-0.1, -0.05) is 18.2 Å². The van der Waals surface area contributed by atoms with Gasteiger partial charge in [0.2, 0.25) is 0 Å². The molecule has 2 aliphatic rings. The number of para-hydroxylation sites is 1. The van der Waals surface area contributed by atoms with Crippen molar-refractivity contribution in [1.29, 1.82) is 0 Å². The van der Waals surface area contributed by atoms with Crippen molar-refractivity contribution in [3.05, 3.63) is 35.5 Å². The van der Waals surface area contributed by atoms with E-state index in [9.17, 15) is 0 Å². The molecule has 1 aromatic carbocycles. The van der Waals surface area contributed by atoms with Gasteiger partial charge in [-0.05, 0) is 30.9 Å². The number of aromatic nitrogens is 1. The summed E-state index contributed by atoms with van der Waals surface area (Å²) >= 11 is 0. The molecule has 4 rings (SSSR count). The summed E-state index contributed by atoms with van der Waals surface area (Å²) in [5.74, 6) is 0. The zero-order valence-corrected chi connectivity index (χ0v) is 13.1. The fraction of sp³-hybridized carbons (Fsp3) is 0.556. The van der Waals surface area contributed by atoms with E-state index >= 15 is 0 Å². The number of fused-ring (bicyclic) bond motifs is 3. The summed E-state index contributed by atoms with van der Waals surface area (Å²) in [6.45, 7) is 6.17. The molecule has 0 saturated carbocycles. The summed E-state index contributed by atoms with van der Waals surface area (Å²) < 4.78 is 5.40. The molecule has 0 radical (unpaired) electrons. The fourth-order valence-corrected chi connectivity index (χ4v) is 3.80. The van der Waals surface area contributed by atoms with Crippen LogP contribution >= 0.6 is 0 Å². The van der Waals surface area contributed by atoms with Crippen molar-refractivity contribution in [3.8, 4) is 0 Å². The zero-order chi connectivity index (χ0) is 14.8. The molecule has 4 heteroatoms. The molecule has 4 nitrogen and oxygen atoms in total. The van der Waals surface area contributed by atoms with Gasteiger partial charge in [0, 0.05) is 48.8 Å². The van der Waals surface area contributed by atoms with Crippen LogP contribution in [0.15, 0.2) is 24.3 Å². The highest BCUT2D eigenvalue weighted by Gasteiger charge is 2.22. The van der Waals surface area contributed by atoms with Crippen molar-refractivity contribution in [1.82, 2.24) is 15.2 Å². The zero-order valence-electron chi connectivity index (χ0n) is 13.1. The number of morpholine rings is 1. The summed E-state index contributed by atoms with van der Waals surface area (Å²) in [6.07, 6.45) is 3.56. The first-order chi connectivity index (χ1) is 10.9. The van der Waals surface area contributed by atoms with Gasteiger partial charge in [0.25, 0.3) is 0 Å². The predicted molar refractivity (Wildman–Crippen MR) is 89.4 cm³/mol. The Morgan fingerprint density at radius 1 is 1.23 bits per heavy atom. The number of benzene rings is 1. The average Bonchev–Trinajstić information content (AvgIpc) is 2.94. The van der Waals surface area contributed by atoms with Crippen LogP contribution in [0.4, 0.5) is 0 Å². The largest absolute Gasteiger partial charge is 0.379 e. The predicted octanol–water partition coefficient (Wildman–Crippen LogP) is 1.95. The molecular formula is C18H25N3O. The van der Waals surface area contributed by atoms with E-state index in [1.165, 1.54) is 35.0 Å². The van der Waals surface area contributed by atoms with E-state index in [0.717, 1.165) is 45.8 Å². The van der Waals surface area contributed by atoms with Gasteiger partial charge in [-0.2, -0.15) is 0 Å². The molecular weight excluding hydrogens is 274 g/mol. The van der Waals surface area contributed by atoms with Gasteiger partial charge in [0.05, 0.1) is 13.2 Å². The molecule has 118 valence electrons. The second kappa shape index (κ2) is 6.41. The maximum Gasteiger partial charge on any atom is 0.0594 e. The first kappa shape index (κ1) is 14.2. The van der Waals surface area contributed by atoms with Gasteiger partial charge in [-0.3, -0.25) is 4.90 Å². The minimum Gasteiger partial charge on any atom is -0.379 e. The van der Waals surface area contributed by atoms with Crippen LogP contribution in [0, 0.1) is 0 Å². The Morgan fingerprint density at radius 2 is 2.09 bits per heavy atom. The number of aryl methyl sites for hydroxylation is 1. The minimum absolute atomic E-state index is 0.618. The third kappa shape index (κ3) is 2.91. The number of H-pyrrole nitrogens is 1. The Labute approximate surface area is 131 Å². The summed E-state index contributed by atoms with van der Waals surface area (Å²) in [6, 6.07) is 9.32. The van der Waals surface area contributed by atoms with Crippen LogP contribution in [0.1, 0.15) is 17.7 Å². The molecule has 1 atom stereocenters. The lowest BCUT2D eigenvalue weighted by Gasteiger charge is -2.28. The number of nitrogens with one attached hydrogen (secondary N) is 2. The van der Waals surface area contributed by atoms with Crippen LogP contribution in [0.5, 0.6) is 0 Å². The van der Waals surface area contributed by atoms with Crippen LogP contribution in [-0.2, 0) is 17.6 Å². The molecule has 0 amide bonds. The summed E-state index contributed by atoms with van der Waals surface area (Å²) in [7, 11) is 0. The van der Waals surface area contributed by atoms with Crippen molar-refractivity contribution in [3.63, 3.8) is 0 Å². The van der Waals surface area contributed by atoms with E-state index < -0.39 is 0 Å². The van der Waals surface area contributed by atoms with Crippen LogP contribution in [0.2, 0.25) is 0 Å². The first-order valence-electron chi connectivity index (χ1n) is 8.52. The Morgan fingerprint density at radius 3 is 3.00 bits per heavy atom. The number of rotatable bonds is 4. The molecule has 2 heterocycles. The molecule has 1 aliphatic carbocycles. The van der Waals surface area contributed by atoms with E-state index in [1.807, 2.05) is 0 Å². The topological polar surface area (TPSA) is 40.3 Å². The highest BCUT2D eigenvalue weighted by atomic mass is 16.5. The van der Waals surface area contributed by atoms with Crippen molar-refractivity contribution in [2.24, 2.45) is 0 Å². The molecule has 2 N–H and O–H groups in total. The number of aromatic amines is 1. The molecule has 1 fully saturated rings. The van der Waals surface area contributed by atoms with Gasteiger partial charge in [0.1, 0.15) is 0 Å². The highest BCUT2D eigenvalue weighted by molar-refractivity contribution is 5.84. The van der Waals surface area contributed by atoms with Crippen LogP contribution < -0.4 is 5.32 Å². The molecule has 2 aromatic rings. The number of hydrogen-bond acceptors (Lipinski definition) is 3. The van der Waals surface area contributed by atoms with Gasteiger partial charge in [-0.25, -0.2) is 0 Å². The van der Waals surface area contributed by atoms with Crippen LogP contribution in [0.3, 0.4) is 0 Å².